The summed E-state index contributed by atoms with van der Waals surface area (Å²) < 4.78 is 0. The number of nitro groups is 2. The van der Waals surface area contributed by atoms with E-state index in [1.54, 1.807) is 11.9 Å². The molecular formula is C12H14N4O5. The zero-order chi connectivity index (χ0) is 15.6. The molecule has 9 nitrogen and oxygen atoms in total. The van der Waals surface area contributed by atoms with Gasteiger partial charge in [-0.3, -0.25) is 25.0 Å². The van der Waals surface area contributed by atoms with Gasteiger partial charge in [-0.2, -0.15) is 0 Å². The molecule has 9 heteroatoms. The third-order valence-electron chi connectivity index (χ3n) is 3.38. The molecule has 1 N–H and O–H groups in total. The number of hydrogen-bond acceptors (Lipinski definition) is 6. The summed E-state index contributed by atoms with van der Waals surface area (Å²) >= 11 is 0. The van der Waals surface area contributed by atoms with Gasteiger partial charge in [0.2, 0.25) is 5.91 Å². The summed E-state index contributed by atoms with van der Waals surface area (Å²) in [5.41, 5.74) is -0.453. The number of amides is 1. The van der Waals surface area contributed by atoms with E-state index >= 15 is 0 Å². The molecule has 1 saturated heterocycles. The molecule has 1 unspecified atom stereocenters. The number of nitrogens with one attached hydrogen (secondary N) is 1. The lowest BCUT2D eigenvalue weighted by Crippen LogP contribution is -2.43. The first-order valence-electron chi connectivity index (χ1n) is 6.32. The van der Waals surface area contributed by atoms with Crippen LogP contribution in [0.2, 0.25) is 0 Å². The minimum Gasteiger partial charge on any atom is -0.375 e. The van der Waals surface area contributed by atoms with Crippen molar-refractivity contribution < 1.29 is 14.6 Å². The first-order chi connectivity index (χ1) is 9.88. The molecule has 1 aliphatic rings. The van der Waals surface area contributed by atoms with Crippen molar-refractivity contribution in [2.24, 2.45) is 0 Å². The highest BCUT2D eigenvalue weighted by molar-refractivity contribution is 5.77. The Morgan fingerprint density at radius 3 is 2.57 bits per heavy atom. The molecule has 0 saturated carbocycles. The van der Waals surface area contributed by atoms with Crippen molar-refractivity contribution in [1.29, 1.82) is 0 Å². The normalized spacial score (nSPS) is 18.4. The summed E-state index contributed by atoms with van der Waals surface area (Å²) in [5, 5.41) is 24.7. The van der Waals surface area contributed by atoms with Crippen molar-refractivity contribution in [2.75, 3.05) is 18.9 Å². The molecule has 1 fully saturated rings. The fourth-order valence-corrected chi connectivity index (χ4v) is 2.26. The predicted octanol–water partition coefficient (Wildman–Crippen LogP) is 1.54. The van der Waals surface area contributed by atoms with E-state index in [-0.39, 0.29) is 29.0 Å². The maximum Gasteiger partial charge on any atom is 0.299 e. The number of hydrogen-bond donors (Lipinski definition) is 1. The molecule has 2 rings (SSSR count). The molecular weight excluding hydrogens is 280 g/mol. The number of rotatable bonds is 4. The number of nitrogens with zero attached hydrogens (tertiary/aromatic N) is 3. The number of likely N-dealkylation sites (tertiary alicyclic amines) is 1. The largest absolute Gasteiger partial charge is 0.375 e. The Kier molecular flexibility index (Phi) is 4.01. The third kappa shape index (κ3) is 3.25. The molecule has 0 spiro atoms. The highest BCUT2D eigenvalue weighted by Gasteiger charge is 2.26. The lowest BCUT2D eigenvalue weighted by atomic mass is 10.0. The summed E-state index contributed by atoms with van der Waals surface area (Å²) in [5.74, 6) is 0.0336. The number of non-ortho nitro benzene ring substituents is 1. The quantitative estimate of drug-likeness (QED) is 0.664. The summed E-state index contributed by atoms with van der Waals surface area (Å²) in [6, 6.07) is 3.35. The predicted molar refractivity (Wildman–Crippen MR) is 74.0 cm³/mol. The van der Waals surface area contributed by atoms with Gasteiger partial charge >= 0.3 is 0 Å². The summed E-state index contributed by atoms with van der Waals surface area (Å²) in [6.45, 7) is 0.437. The monoisotopic (exact) mass is 294 g/mol. The molecule has 1 aromatic carbocycles. The van der Waals surface area contributed by atoms with Crippen LogP contribution in [0.25, 0.3) is 0 Å². The van der Waals surface area contributed by atoms with Gasteiger partial charge in [-0.15, -0.1) is 0 Å². The number of benzene rings is 1. The van der Waals surface area contributed by atoms with Crippen LogP contribution in [-0.2, 0) is 4.79 Å². The fourth-order valence-electron chi connectivity index (χ4n) is 2.26. The molecule has 1 heterocycles. The summed E-state index contributed by atoms with van der Waals surface area (Å²) in [6.07, 6.45) is 0.937. The molecule has 0 aliphatic carbocycles. The topological polar surface area (TPSA) is 119 Å². The number of carbonyl (C=O) groups is 1. The summed E-state index contributed by atoms with van der Waals surface area (Å²) in [4.78, 5) is 33.3. The third-order valence-corrected chi connectivity index (χ3v) is 3.38. The minimum atomic E-state index is -0.677. The molecule has 1 amide bonds. The molecule has 112 valence electrons. The number of piperidine rings is 1. The first-order valence-corrected chi connectivity index (χ1v) is 6.32. The van der Waals surface area contributed by atoms with Gasteiger partial charge in [-0.05, 0) is 12.5 Å². The maximum atomic E-state index is 11.4. The Hall–Kier alpha value is -2.71. The van der Waals surface area contributed by atoms with E-state index in [0.717, 1.165) is 6.07 Å². The zero-order valence-corrected chi connectivity index (χ0v) is 11.3. The van der Waals surface area contributed by atoms with Crippen molar-refractivity contribution in [1.82, 2.24) is 4.90 Å². The second kappa shape index (κ2) is 5.73. The first kappa shape index (κ1) is 14.7. The Morgan fingerprint density at radius 2 is 2.00 bits per heavy atom. The van der Waals surface area contributed by atoms with Crippen LogP contribution in [0.15, 0.2) is 18.2 Å². The molecule has 0 bridgehead atoms. The molecule has 1 aliphatic heterocycles. The van der Waals surface area contributed by atoms with Crippen molar-refractivity contribution in [3.63, 3.8) is 0 Å². The Morgan fingerprint density at radius 1 is 1.29 bits per heavy atom. The van der Waals surface area contributed by atoms with Gasteiger partial charge in [0.15, 0.2) is 0 Å². The molecule has 1 aromatic rings. The number of nitro benzene ring substituents is 2. The van der Waals surface area contributed by atoms with Crippen LogP contribution in [-0.4, -0.2) is 40.3 Å². The van der Waals surface area contributed by atoms with E-state index in [0.29, 0.717) is 19.4 Å². The van der Waals surface area contributed by atoms with Gasteiger partial charge in [0.25, 0.3) is 11.4 Å². The van der Waals surface area contributed by atoms with Crippen LogP contribution < -0.4 is 5.32 Å². The van der Waals surface area contributed by atoms with Gasteiger partial charge in [0.1, 0.15) is 5.69 Å². The van der Waals surface area contributed by atoms with E-state index in [1.807, 2.05) is 0 Å². The molecule has 1 atom stereocenters. The van der Waals surface area contributed by atoms with E-state index in [4.69, 9.17) is 0 Å². The van der Waals surface area contributed by atoms with Crippen LogP contribution in [0, 0.1) is 20.2 Å². The van der Waals surface area contributed by atoms with Crippen LogP contribution in [0.4, 0.5) is 17.1 Å². The van der Waals surface area contributed by atoms with Crippen LogP contribution in [0.1, 0.15) is 12.8 Å². The van der Waals surface area contributed by atoms with Crippen LogP contribution in [0.5, 0.6) is 0 Å². The Labute approximate surface area is 119 Å². The Bertz CT molecular complexity index is 603. The van der Waals surface area contributed by atoms with Crippen LogP contribution >= 0.6 is 0 Å². The average Bonchev–Trinajstić information content (AvgIpc) is 2.43. The zero-order valence-electron chi connectivity index (χ0n) is 11.3. The molecule has 21 heavy (non-hydrogen) atoms. The van der Waals surface area contributed by atoms with E-state index in [9.17, 15) is 25.0 Å². The molecule has 0 radical (unpaired) electrons. The number of anilines is 1. The van der Waals surface area contributed by atoms with E-state index < -0.39 is 9.85 Å². The highest BCUT2D eigenvalue weighted by Crippen LogP contribution is 2.30. The smallest absolute Gasteiger partial charge is 0.299 e. The van der Waals surface area contributed by atoms with E-state index in [2.05, 4.69) is 5.32 Å². The van der Waals surface area contributed by atoms with Crippen molar-refractivity contribution in [2.45, 2.75) is 18.9 Å². The van der Waals surface area contributed by atoms with Crippen molar-refractivity contribution in [3.05, 3.63) is 38.4 Å². The Balaban J connectivity index is 2.21. The summed E-state index contributed by atoms with van der Waals surface area (Å²) in [7, 11) is 1.67. The lowest BCUT2D eigenvalue weighted by molar-refractivity contribution is -0.393. The highest BCUT2D eigenvalue weighted by atomic mass is 16.6. The van der Waals surface area contributed by atoms with Crippen molar-refractivity contribution >= 4 is 23.0 Å². The van der Waals surface area contributed by atoms with E-state index in [1.165, 1.54) is 12.1 Å². The van der Waals surface area contributed by atoms with Gasteiger partial charge in [0.05, 0.1) is 15.9 Å². The minimum absolute atomic E-state index is 0.0336. The standard InChI is InChI=1S/C12H14N4O5/c1-14-7-8(2-5-12(14)17)13-10-4-3-9(15(18)19)6-11(10)16(20)21/h3-4,6,8,13H,2,5,7H2,1H3. The van der Waals surface area contributed by atoms with Crippen molar-refractivity contribution in [3.8, 4) is 0 Å². The van der Waals surface area contributed by atoms with Crippen LogP contribution in [0.3, 0.4) is 0 Å². The number of carbonyl (C=O) groups excluding carboxylic acids is 1. The maximum absolute atomic E-state index is 11.4. The van der Waals surface area contributed by atoms with Gasteiger partial charge < -0.3 is 10.2 Å². The lowest BCUT2D eigenvalue weighted by Gasteiger charge is -2.30. The molecule has 0 aromatic heterocycles. The van der Waals surface area contributed by atoms with Gasteiger partial charge in [0, 0.05) is 32.1 Å². The fraction of sp³-hybridized carbons (Fsp3) is 0.417. The average molecular weight is 294 g/mol. The van der Waals surface area contributed by atoms with Gasteiger partial charge in [-0.25, -0.2) is 0 Å². The second-order valence-electron chi connectivity index (χ2n) is 4.87. The SMILES string of the molecule is CN1CC(Nc2ccc([N+](=O)[O-])cc2[N+](=O)[O-])CCC1=O. The number of likely N-dealkylation sites (N-methyl/N-ethyl adjacent to an activating group) is 1. The second-order valence-corrected chi connectivity index (χ2v) is 4.87. The van der Waals surface area contributed by atoms with Gasteiger partial charge in [-0.1, -0.05) is 0 Å².